The topological polar surface area (TPSA) is 107 Å². The molecule has 2 aliphatic rings. The van der Waals surface area contributed by atoms with Crippen molar-refractivity contribution in [3.8, 4) is 0 Å². The van der Waals surface area contributed by atoms with Crippen LogP contribution in [-0.2, 0) is 9.30 Å². The van der Waals surface area contributed by atoms with Gasteiger partial charge in [-0.25, -0.2) is 0 Å². The molecule has 5 unspecified atom stereocenters. The van der Waals surface area contributed by atoms with Crippen LogP contribution in [0.4, 0.5) is 0 Å². The molecule has 0 saturated heterocycles. The molecule has 0 amide bonds. The van der Waals surface area contributed by atoms with Crippen LogP contribution in [0.5, 0.6) is 0 Å². The summed E-state index contributed by atoms with van der Waals surface area (Å²) in [4.78, 5) is 17.5. The van der Waals surface area contributed by atoms with Crippen LogP contribution in [0.2, 0.25) is 0 Å². The molecule has 7 heteroatoms. The van der Waals surface area contributed by atoms with E-state index in [2.05, 4.69) is 0 Å². The van der Waals surface area contributed by atoms with Crippen LogP contribution in [0, 0.1) is 11.8 Å². The average Bonchev–Trinajstić information content (AvgIpc) is 2.83. The Kier molecular flexibility index (Phi) is 2.56. The number of hydrogen-bond acceptors (Lipinski definition) is 4. The minimum absolute atomic E-state index is 0.0240. The molecule has 0 aromatic rings. The lowest BCUT2D eigenvalue weighted by Crippen LogP contribution is -2.47. The first-order chi connectivity index (χ1) is 7.11. The first-order valence-corrected chi connectivity index (χ1v) is 7.00. The van der Waals surface area contributed by atoms with Crippen molar-refractivity contribution < 1.29 is 29.3 Å². The Morgan fingerprint density at radius 2 is 2.06 bits per heavy atom. The highest BCUT2D eigenvalue weighted by atomic mass is 31.2. The fraction of sp³-hybridized carbons (Fsp3) is 1.00. The first kappa shape index (κ1) is 12.5. The van der Waals surface area contributed by atoms with Crippen LogP contribution < -0.4 is 0 Å². The molecule has 2 fully saturated rings. The number of aliphatic hydroxyl groups is 2. The highest BCUT2D eigenvalue weighted by molar-refractivity contribution is 7.51. The number of fused-ring (bicyclic) bond motifs is 1. The maximum absolute atomic E-state index is 10.7. The number of rotatable bonds is 3. The standard InChI is InChI=1S/C9H17O6P/c1-5-6-3-9(6,7(10)8(5,2)11)15-4-16(12,13)14/h5-7,10-11H,3-4H2,1-2H3,(H2,12,13,14). The van der Waals surface area contributed by atoms with Gasteiger partial charge in [-0.05, 0) is 25.2 Å². The van der Waals surface area contributed by atoms with E-state index in [1.807, 2.05) is 6.92 Å². The van der Waals surface area contributed by atoms with E-state index >= 15 is 0 Å². The summed E-state index contributed by atoms with van der Waals surface area (Å²) in [6.07, 6.45) is -1.25. The summed E-state index contributed by atoms with van der Waals surface area (Å²) >= 11 is 0. The minimum atomic E-state index is -4.24. The molecule has 0 heterocycles. The zero-order valence-corrected chi connectivity index (χ0v) is 10.1. The molecule has 4 N–H and O–H groups in total. The third-order valence-electron chi connectivity index (χ3n) is 4.05. The summed E-state index contributed by atoms with van der Waals surface area (Å²) in [5.74, 6) is -0.164. The van der Waals surface area contributed by atoms with Crippen molar-refractivity contribution in [2.75, 3.05) is 6.35 Å². The Morgan fingerprint density at radius 1 is 1.50 bits per heavy atom. The van der Waals surface area contributed by atoms with E-state index in [0.717, 1.165) is 0 Å². The summed E-state index contributed by atoms with van der Waals surface area (Å²) < 4.78 is 15.9. The summed E-state index contributed by atoms with van der Waals surface area (Å²) in [6, 6.07) is 0. The van der Waals surface area contributed by atoms with Crippen molar-refractivity contribution in [2.45, 2.75) is 37.6 Å². The van der Waals surface area contributed by atoms with Crippen molar-refractivity contribution in [2.24, 2.45) is 11.8 Å². The molecule has 2 aliphatic carbocycles. The van der Waals surface area contributed by atoms with Crippen LogP contribution in [0.1, 0.15) is 20.3 Å². The Morgan fingerprint density at radius 3 is 2.44 bits per heavy atom. The summed E-state index contributed by atoms with van der Waals surface area (Å²) in [5, 5.41) is 20.0. The Hall–Kier alpha value is 0.0300. The maximum atomic E-state index is 10.7. The van der Waals surface area contributed by atoms with Crippen LogP contribution in [0.3, 0.4) is 0 Å². The number of hydrogen-bond donors (Lipinski definition) is 4. The molecule has 0 aliphatic heterocycles. The second-order valence-corrected chi connectivity index (χ2v) is 6.71. The van der Waals surface area contributed by atoms with E-state index in [1.165, 1.54) is 6.92 Å². The van der Waals surface area contributed by atoms with Crippen molar-refractivity contribution >= 4 is 7.60 Å². The molecule has 0 aromatic carbocycles. The normalized spacial score (nSPS) is 51.5. The zero-order chi connectivity index (χ0) is 12.4. The highest BCUT2D eigenvalue weighted by Crippen LogP contribution is 2.65. The summed E-state index contributed by atoms with van der Waals surface area (Å²) in [7, 11) is -4.24. The van der Waals surface area contributed by atoms with Gasteiger partial charge in [0.15, 0.2) is 0 Å². The smallest absolute Gasteiger partial charge is 0.351 e. The molecule has 16 heavy (non-hydrogen) atoms. The Bertz CT molecular complexity index is 350. The Balaban J connectivity index is 2.10. The Labute approximate surface area is 93.4 Å². The van der Waals surface area contributed by atoms with E-state index in [9.17, 15) is 14.8 Å². The third kappa shape index (κ3) is 1.65. The van der Waals surface area contributed by atoms with E-state index in [0.29, 0.717) is 6.42 Å². The highest BCUT2D eigenvalue weighted by Gasteiger charge is 2.75. The van der Waals surface area contributed by atoms with E-state index in [1.54, 1.807) is 0 Å². The lowest BCUT2D eigenvalue weighted by molar-refractivity contribution is -0.127. The lowest BCUT2D eigenvalue weighted by Gasteiger charge is -2.31. The van der Waals surface area contributed by atoms with Gasteiger partial charge in [0, 0.05) is 0 Å². The molecule has 0 bridgehead atoms. The van der Waals surface area contributed by atoms with E-state index in [4.69, 9.17) is 14.5 Å². The zero-order valence-electron chi connectivity index (χ0n) is 9.20. The van der Waals surface area contributed by atoms with Gasteiger partial charge in [0.05, 0.1) is 5.60 Å². The third-order valence-corrected chi connectivity index (χ3v) is 4.52. The molecular weight excluding hydrogens is 235 g/mol. The molecule has 0 aromatic heterocycles. The molecule has 6 nitrogen and oxygen atoms in total. The summed E-state index contributed by atoms with van der Waals surface area (Å²) in [6.45, 7) is 3.33. The van der Waals surface area contributed by atoms with Crippen molar-refractivity contribution in [3.05, 3.63) is 0 Å². The van der Waals surface area contributed by atoms with Gasteiger partial charge in [-0.2, -0.15) is 0 Å². The summed E-state index contributed by atoms with van der Waals surface area (Å²) in [5.41, 5.74) is -2.21. The average molecular weight is 252 g/mol. The molecule has 2 rings (SSSR count). The van der Waals surface area contributed by atoms with Crippen LogP contribution in [0.25, 0.3) is 0 Å². The van der Waals surface area contributed by atoms with Gasteiger partial charge in [-0.3, -0.25) is 4.57 Å². The molecule has 0 spiro atoms. The van der Waals surface area contributed by atoms with Gasteiger partial charge >= 0.3 is 7.60 Å². The predicted molar refractivity (Wildman–Crippen MR) is 54.6 cm³/mol. The van der Waals surface area contributed by atoms with Crippen molar-refractivity contribution in [1.29, 1.82) is 0 Å². The lowest BCUT2D eigenvalue weighted by atomic mass is 9.88. The second kappa shape index (κ2) is 3.28. The van der Waals surface area contributed by atoms with Gasteiger partial charge in [-0.15, -0.1) is 0 Å². The molecule has 5 atom stereocenters. The maximum Gasteiger partial charge on any atom is 0.351 e. The fourth-order valence-corrected chi connectivity index (χ4v) is 3.21. The second-order valence-electron chi connectivity index (χ2n) is 5.12. The van der Waals surface area contributed by atoms with Gasteiger partial charge < -0.3 is 24.7 Å². The monoisotopic (exact) mass is 252 g/mol. The molecule has 0 radical (unpaired) electrons. The molecule has 94 valence electrons. The largest absolute Gasteiger partial charge is 0.387 e. The minimum Gasteiger partial charge on any atom is -0.387 e. The fourth-order valence-electron chi connectivity index (χ4n) is 2.80. The van der Waals surface area contributed by atoms with Gasteiger partial charge in [-0.1, -0.05) is 6.92 Å². The van der Waals surface area contributed by atoms with Crippen molar-refractivity contribution in [3.63, 3.8) is 0 Å². The first-order valence-electron chi connectivity index (χ1n) is 5.20. The van der Waals surface area contributed by atoms with Crippen LogP contribution in [0.15, 0.2) is 0 Å². The molecule has 2 saturated carbocycles. The van der Waals surface area contributed by atoms with E-state index < -0.39 is 31.2 Å². The van der Waals surface area contributed by atoms with E-state index in [-0.39, 0.29) is 11.8 Å². The van der Waals surface area contributed by atoms with Crippen LogP contribution in [-0.4, -0.2) is 43.7 Å². The van der Waals surface area contributed by atoms with Gasteiger partial charge in [0.25, 0.3) is 0 Å². The molecular formula is C9H17O6P. The van der Waals surface area contributed by atoms with Gasteiger partial charge in [0.1, 0.15) is 18.1 Å². The quantitative estimate of drug-likeness (QED) is 0.512. The van der Waals surface area contributed by atoms with Crippen molar-refractivity contribution in [1.82, 2.24) is 0 Å². The van der Waals surface area contributed by atoms with Crippen LogP contribution >= 0.6 is 7.60 Å². The number of aliphatic hydroxyl groups excluding tert-OH is 1. The van der Waals surface area contributed by atoms with Gasteiger partial charge in [0.2, 0.25) is 0 Å². The predicted octanol–water partition coefficient (Wildman–Crippen LogP) is -0.342. The SMILES string of the molecule is CC1C2CC2(OCP(=O)(O)O)C(O)C1(C)O. The number of ether oxygens (including phenoxy) is 1.